The molecule has 1 amide bonds. The second-order valence-corrected chi connectivity index (χ2v) is 5.95. The number of nitrogens with one attached hydrogen (secondary N) is 1. The van der Waals surface area contributed by atoms with Crippen LogP contribution in [0.5, 0.6) is 0 Å². The molecule has 0 aromatic heterocycles. The molecule has 21 heavy (non-hydrogen) atoms. The smallest absolute Gasteiger partial charge is 0.239 e. The first-order chi connectivity index (χ1) is 10.2. The van der Waals surface area contributed by atoms with Crippen LogP contribution in [0.1, 0.15) is 37.7 Å². The van der Waals surface area contributed by atoms with E-state index < -0.39 is 0 Å². The molecule has 1 aliphatic rings. The van der Waals surface area contributed by atoms with Crippen molar-refractivity contribution >= 4 is 11.6 Å². The standard InChI is InChI=1S/C17H27N3O/c1-14-6-4-9-16(12-14)20(11-5-10-18)13-17(21)19-15-7-2-3-8-15/h4,6,9,12,15H,2-3,5,7-8,10-11,13,18H2,1H3,(H,19,21). The van der Waals surface area contributed by atoms with E-state index in [0.717, 1.165) is 31.5 Å². The summed E-state index contributed by atoms with van der Waals surface area (Å²) in [6, 6.07) is 8.68. The Bertz CT molecular complexity index is 455. The Morgan fingerprint density at radius 3 is 2.81 bits per heavy atom. The summed E-state index contributed by atoms with van der Waals surface area (Å²) in [6.07, 6.45) is 5.61. The largest absolute Gasteiger partial charge is 0.362 e. The van der Waals surface area contributed by atoms with Gasteiger partial charge in [-0.25, -0.2) is 0 Å². The van der Waals surface area contributed by atoms with E-state index in [1.165, 1.54) is 18.4 Å². The Labute approximate surface area is 127 Å². The summed E-state index contributed by atoms with van der Waals surface area (Å²) in [6.45, 7) is 3.95. The van der Waals surface area contributed by atoms with Gasteiger partial charge in [0.1, 0.15) is 0 Å². The fourth-order valence-electron chi connectivity index (χ4n) is 2.92. The third kappa shape index (κ3) is 5.05. The van der Waals surface area contributed by atoms with E-state index in [4.69, 9.17) is 5.73 Å². The van der Waals surface area contributed by atoms with Crippen molar-refractivity contribution in [2.24, 2.45) is 5.73 Å². The molecular formula is C17H27N3O. The number of hydrogen-bond donors (Lipinski definition) is 2. The van der Waals surface area contributed by atoms with Crippen molar-refractivity contribution in [3.05, 3.63) is 29.8 Å². The van der Waals surface area contributed by atoms with Crippen LogP contribution >= 0.6 is 0 Å². The van der Waals surface area contributed by atoms with Gasteiger partial charge in [-0.1, -0.05) is 25.0 Å². The van der Waals surface area contributed by atoms with E-state index in [-0.39, 0.29) is 5.91 Å². The molecule has 1 aliphatic carbocycles. The number of aryl methyl sites for hydroxylation is 1. The number of carbonyl (C=O) groups is 1. The van der Waals surface area contributed by atoms with E-state index in [1.54, 1.807) is 0 Å². The zero-order chi connectivity index (χ0) is 15.1. The zero-order valence-electron chi connectivity index (χ0n) is 13.0. The predicted molar refractivity (Wildman–Crippen MR) is 87.5 cm³/mol. The summed E-state index contributed by atoms with van der Waals surface area (Å²) >= 11 is 0. The van der Waals surface area contributed by atoms with Crippen LogP contribution in [0, 0.1) is 6.92 Å². The lowest BCUT2D eigenvalue weighted by Crippen LogP contribution is -2.42. The molecule has 0 radical (unpaired) electrons. The van der Waals surface area contributed by atoms with Crippen LogP contribution in [0.3, 0.4) is 0 Å². The first kappa shape index (κ1) is 15.8. The van der Waals surface area contributed by atoms with Gasteiger partial charge in [0, 0.05) is 18.3 Å². The van der Waals surface area contributed by atoms with Crippen LogP contribution in [0.25, 0.3) is 0 Å². The molecule has 116 valence electrons. The molecule has 0 bridgehead atoms. The van der Waals surface area contributed by atoms with Crippen molar-refractivity contribution < 1.29 is 4.79 Å². The van der Waals surface area contributed by atoms with E-state index in [9.17, 15) is 4.79 Å². The minimum atomic E-state index is 0.125. The lowest BCUT2D eigenvalue weighted by molar-refractivity contribution is -0.120. The van der Waals surface area contributed by atoms with Crippen molar-refractivity contribution in [1.29, 1.82) is 0 Å². The fourth-order valence-corrected chi connectivity index (χ4v) is 2.92. The predicted octanol–water partition coefficient (Wildman–Crippen LogP) is 2.21. The molecule has 0 unspecified atom stereocenters. The lowest BCUT2D eigenvalue weighted by atomic mass is 10.2. The molecule has 3 N–H and O–H groups in total. The van der Waals surface area contributed by atoms with Gasteiger partial charge in [0.2, 0.25) is 5.91 Å². The molecule has 1 aromatic rings. The van der Waals surface area contributed by atoms with Gasteiger partial charge in [-0.3, -0.25) is 4.79 Å². The quantitative estimate of drug-likeness (QED) is 0.809. The summed E-state index contributed by atoms with van der Waals surface area (Å²) in [5, 5.41) is 3.16. The van der Waals surface area contributed by atoms with Crippen molar-refractivity contribution in [2.75, 3.05) is 24.5 Å². The maximum atomic E-state index is 12.2. The molecule has 1 fully saturated rings. The van der Waals surface area contributed by atoms with E-state index in [0.29, 0.717) is 19.1 Å². The lowest BCUT2D eigenvalue weighted by Gasteiger charge is -2.25. The zero-order valence-corrected chi connectivity index (χ0v) is 13.0. The number of benzene rings is 1. The van der Waals surface area contributed by atoms with Crippen LogP contribution in [0.2, 0.25) is 0 Å². The van der Waals surface area contributed by atoms with Crippen LogP contribution < -0.4 is 16.0 Å². The van der Waals surface area contributed by atoms with E-state index in [1.807, 2.05) is 6.07 Å². The summed E-state index contributed by atoms with van der Waals surface area (Å²) in [4.78, 5) is 14.4. The molecule has 0 heterocycles. The van der Waals surface area contributed by atoms with Crippen LogP contribution in [-0.4, -0.2) is 31.6 Å². The Morgan fingerprint density at radius 2 is 2.14 bits per heavy atom. The highest BCUT2D eigenvalue weighted by molar-refractivity contribution is 5.81. The van der Waals surface area contributed by atoms with Crippen molar-refractivity contribution in [3.63, 3.8) is 0 Å². The summed E-state index contributed by atoms with van der Waals surface area (Å²) in [7, 11) is 0. The average Bonchev–Trinajstić information content (AvgIpc) is 2.96. The molecule has 1 aromatic carbocycles. The molecule has 4 heteroatoms. The van der Waals surface area contributed by atoms with Gasteiger partial charge in [-0.2, -0.15) is 0 Å². The highest BCUT2D eigenvalue weighted by atomic mass is 16.2. The number of anilines is 1. The first-order valence-corrected chi connectivity index (χ1v) is 8.00. The fraction of sp³-hybridized carbons (Fsp3) is 0.588. The molecule has 0 saturated heterocycles. The van der Waals surface area contributed by atoms with Gasteiger partial charge in [0.25, 0.3) is 0 Å². The van der Waals surface area contributed by atoms with Gasteiger partial charge in [-0.15, -0.1) is 0 Å². The van der Waals surface area contributed by atoms with Crippen LogP contribution in [-0.2, 0) is 4.79 Å². The number of nitrogens with zero attached hydrogens (tertiary/aromatic N) is 1. The second kappa shape index (κ2) is 8.03. The minimum absolute atomic E-state index is 0.125. The molecule has 4 nitrogen and oxygen atoms in total. The van der Waals surface area contributed by atoms with E-state index >= 15 is 0 Å². The highest BCUT2D eigenvalue weighted by Gasteiger charge is 2.18. The molecule has 0 atom stereocenters. The number of hydrogen-bond acceptors (Lipinski definition) is 3. The van der Waals surface area contributed by atoms with Crippen molar-refractivity contribution in [2.45, 2.75) is 45.1 Å². The number of carbonyl (C=O) groups excluding carboxylic acids is 1. The summed E-state index contributed by atoms with van der Waals surface area (Å²) in [5.41, 5.74) is 7.93. The van der Waals surface area contributed by atoms with Crippen molar-refractivity contribution in [1.82, 2.24) is 5.32 Å². The third-order valence-electron chi connectivity index (χ3n) is 4.05. The summed E-state index contributed by atoms with van der Waals surface area (Å²) < 4.78 is 0. The van der Waals surface area contributed by atoms with Gasteiger partial charge in [0.15, 0.2) is 0 Å². The van der Waals surface area contributed by atoms with Crippen LogP contribution in [0.4, 0.5) is 5.69 Å². The molecule has 0 spiro atoms. The van der Waals surface area contributed by atoms with Gasteiger partial charge in [-0.05, 0) is 50.4 Å². The second-order valence-electron chi connectivity index (χ2n) is 5.95. The van der Waals surface area contributed by atoms with Gasteiger partial charge in [0.05, 0.1) is 6.54 Å². The average molecular weight is 289 g/mol. The Kier molecular flexibility index (Phi) is 6.05. The molecule has 0 aliphatic heterocycles. The van der Waals surface area contributed by atoms with Gasteiger partial charge < -0.3 is 16.0 Å². The Hall–Kier alpha value is -1.55. The SMILES string of the molecule is Cc1cccc(N(CCCN)CC(=O)NC2CCCC2)c1. The van der Waals surface area contributed by atoms with Crippen molar-refractivity contribution in [3.8, 4) is 0 Å². The number of nitrogens with two attached hydrogens (primary N) is 1. The molecular weight excluding hydrogens is 262 g/mol. The normalized spacial score (nSPS) is 15.1. The maximum Gasteiger partial charge on any atom is 0.239 e. The monoisotopic (exact) mass is 289 g/mol. The number of amides is 1. The van der Waals surface area contributed by atoms with Crippen LogP contribution in [0.15, 0.2) is 24.3 Å². The molecule has 1 saturated carbocycles. The van der Waals surface area contributed by atoms with Gasteiger partial charge >= 0.3 is 0 Å². The molecule has 2 rings (SSSR count). The first-order valence-electron chi connectivity index (χ1n) is 8.00. The Morgan fingerprint density at radius 1 is 1.38 bits per heavy atom. The minimum Gasteiger partial charge on any atom is -0.362 e. The summed E-state index contributed by atoms with van der Waals surface area (Å²) in [5.74, 6) is 0.125. The maximum absolute atomic E-state index is 12.2. The highest BCUT2D eigenvalue weighted by Crippen LogP contribution is 2.18. The third-order valence-corrected chi connectivity index (χ3v) is 4.05. The van der Waals surface area contributed by atoms with E-state index in [2.05, 4.69) is 35.3 Å². The number of rotatable bonds is 7. The topological polar surface area (TPSA) is 58.4 Å². The Balaban J connectivity index is 1.96.